The molecule has 0 heterocycles. The van der Waals surface area contributed by atoms with Crippen molar-refractivity contribution in [2.45, 2.75) is 39.2 Å². The van der Waals surface area contributed by atoms with Gasteiger partial charge < -0.3 is 10.0 Å². The standard InChI is InChI=1S/C15H19F2NO3/c1-15(2,3)18(7-6-14(20)21)13(19)9-10-4-5-11(16)12(17)8-10/h4-5,8H,6-7,9H2,1-3H3,(H,20,21). The van der Waals surface area contributed by atoms with E-state index in [1.54, 1.807) is 20.8 Å². The van der Waals surface area contributed by atoms with Gasteiger partial charge in [0.15, 0.2) is 11.6 Å². The molecule has 21 heavy (non-hydrogen) atoms. The minimum atomic E-state index is -1.01. The van der Waals surface area contributed by atoms with Gasteiger partial charge in [-0.25, -0.2) is 8.78 Å². The molecule has 6 heteroatoms. The van der Waals surface area contributed by atoms with Crippen LogP contribution >= 0.6 is 0 Å². The van der Waals surface area contributed by atoms with E-state index in [2.05, 4.69) is 0 Å². The van der Waals surface area contributed by atoms with Crippen LogP contribution in [0.3, 0.4) is 0 Å². The number of hydrogen-bond donors (Lipinski definition) is 1. The van der Waals surface area contributed by atoms with Crippen LogP contribution < -0.4 is 0 Å². The van der Waals surface area contributed by atoms with Gasteiger partial charge in [0, 0.05) is 12.1 Å². The molecule has 0 saturated carbocycles. The molecule has 1 aromatic rings. The number of halogens is 2. The summed E-state index contributed by atoms with van der Waals surface area (Å²) >= 11 is 0. The maximum Gasteiger partial charge on any atom is 0.305 e. The Morgan fingerprint density at radius 2 is 1.81 bits per heavy atom. The third-order valence-corrected chi connectivity index (χ3v) is 3.00. The molecule has 1 rings (SSSR count). The molecule has 1 amide bonds. The summed E-state index contributed by atoms with van der Waals surface area (Å²) < 4.78 is 26.0. The summed E-state index contributed by atoms with van der Waals surface area (Å²) in [5.74, 6) is -3.29. The van der Waals surface area contributed by atoms with Crippen molar-refractivity contribution in [1.29, 1.82) is 0 Å². The molecule has 0 fully saturated rings. The first-order chi connectivity index (χ1) is 9.61. The van der Waals surface area contributed by atoms with Crippen LogP contribution in [0, 0.1) is 11.6 Å². The minimum Gasteiger partial charge on any atom is -0.481 e. The van der Waals surface area contributed by atoms with Crippen LogP contribution in [-0.2, 0) is 16.0 Å². The van der Waals surface area contributed by atoms with Crippen molar-refractivity contribution >= 4 is 11.9 Å². The Morgan fingerprint density at radius 1 is 1.19 bits per heavy atom. The smallest absolute Gasteiger partial charge is 0.305 e. The van der Waals surface area contributed by atoms with Gasteiger partial charge in [0.2, 0.25) is 5.91 Å². The van der Waals surface area contributed by atoms with Gasteiger partial charge in [-0.05, 0) is 38.5 Å². The van der Waals surface area contributed by atoms with Gasteiger partial charge in [0.1, 0.15) is 0 Å². The summed E-state index contributed by atoms with van der Waals surface area (Å²) in [6.45, 7) is 5.44. The fourth-order valence-electron chi connectivity index (χ4n) is 1.96. The summed E-state index contributed by atoms with van der Waals surface area (Å²) in [4.78, 5) is 24.4. The number of carbonyl (C=O) groups is 2. The maximum absolute atomic E-state index is 13.1. The van der Waals surface area contributed by atoms with E-state index in [-0.39, 0.29) is 25.3 Å². The number of carboxylic acids is 1. The predicted molar refractivity (Wildman–Crippen MR) is 73.8 cm³/mol. The number of benzene rings is 1. The van der Waals surface area contributed by atoms with Crippen LogP contribution in [0.2, 0.25) is 0 Å². The van der Waals surface area contributed by atoms with E-state index in [0.29, 0.717) is 5.56 Å². The van der Waals surface area contributed by atoms with Gasteiger partial charge in [-0.1, -0.05) is 6.07 Å². The monoisotopic (exact) mass is 299 g/mol. The van der Waals surface area contributed by atoms with Crippen LogP contribution in [0.1, 0.15) is 32.8 Å². The molecule has 0 atom stereocenters. The van der Waals surface area contributed by atoms with Gasteiger partial charge in [-0.3, -0.25) is 9.59 Å². The summed E-state index contributed by atoms with van der Waals surface area (Å²) in [6.07, 6.45) is -0.269. The number of carboxylic acid groups (broad SMARTS) is 1. The maximum atomic E-state index is 13.1. The van der Waals surface area contributed by atoms with Crippen molar-refractivity contribution in [1.82, 2.24) is 4.90 Å². The number of amides is 1. The van der Waals surface area contributed by atoms with E-state index >= 15 is 0 Å². The van der Waals surface area contributed by atoms with Gasteiger partial charge in [0.05, 0.1) is 12.8 Å². The topological polar surface area (TPSA) is 57.6 Å². The molecule has 0 unspecified atom stereocenters. The fraction of sp³-hybridized carbons (Fsp3) is 0.467. The highest BCUT2D eigenvalue weighted by Gasteiger charge is 2.26. The summed E-state index contributed by atoms with van der Waals surface area (Å²) in [5.41, 5.74) is -0.200. The number of aliphatic carboxylic acids is 1. The average molecular weight is 299 g/mol. The Kier molecular flexibility index (Phi) is 5.41. The second-order valence-electron chi connectivity index (χ2n) is 5.79. The fourth-order valence-corrected chi connectivity index (χ4v) is 1.96. The highest BCUT2D eigenvalue weighted by molar-refractivity contribution is 5.80. The lowest BCUT2D eigenvalue weighted by Crippen LogP contribution is -2.47. The third-order valence-electron chi connectivity index (χ3n) is 3.00. The van der Waals surface area contributed by atoms with E-state index in [1.807, 2.05) is 0 Å². The van der Waals surface area contributed by atoms with Gasteiger partial charge in [0.25, 0.3) is 0 Å². The summed E-state index contributed by atoms with van der Waals surface area (Å²) in [6, 6.07) is 3.29. The largest absolute Gasteiger partial charge is 0.481 e. The van der Waals surface area contributed by atoms with Crippen LogP contribution in [0.5, 0.6) is 0 Å². The highest BCUT2D eigenvalue weighted by Crippen LogP contribution is 2.17. The lowest BCUT2D eigenvalue weighted by atomic mass is 10.0. The van der Waals surface area contributed by atoms with E-state index in [1.165, 1.54) is 11.0 Å². The van der Waals surface area contributed by atoms with Crippen molar-refractivity contribution in [3.63, 3.8) is 0 Å². The molecule has 0 spiro atoms. The van der Waals surface area contributed by atoms with E-state index < -0.39 is 23.1 Å². The molecular weight excluding hydrogens is 280 g/mol. The lowest BCUT2D eigenvalue weighted by molar-refractivity contribution is -0.140. The minimum absolute atomic E-state index is 0.0708. The Labute approximate surface area is 122 Å². The third kappa shape index (κ3) is 5.13. The first kappa shape index (κ1) is 17.1. The van der Waals surface area contributed by atoms with Gasteiger partial charge in [-0.2, -0.15) is 0 Å². The first-order valence-corrected chi connectivity index (χ1v) is 6.57. The molecule has 1 aromatic carbocycles. The number of rotatable bonds is 5. The molecule has 0 aromatic heterocycles. The predicted octanol–water partition coefficient (Wildman–Crippen LogP) is 2.61. The summed E-state index contributed by atoms with van der Waals surface area (Å²) in [7, 11) is 0. The van der Waals surface area contributed by atoms with Crippen LogP contribution in [0.25, 0.3) is 0 Å². The van der Waals surface area contributed by atoms with Crippen LogP contribution in [0.4, 0.5) is 8.78 Å². The quantitative estimate of drug-likeness (QED) is 0.909. The van der Waals surface area contributed by atoms with E-state index in [4.69, 9.17) is 5.11 Å². The van der Waals surface area contributed by atoms with Crippen LogP contribution in [0.15, 0.2) is 18.2 Å². The van der Waals surface area contributed by atoms with Crippen LogP contribution in [-0.4, -0.2) is 34.0 Å². The Balaban J connectivity index is 2.85. The molecule has 0 saturated heterocycles. The van der Waals surface area contributed by atoms with Crippen molar-refractivity contribution < 1.29 is 23.5 Å². The van der Waals surface area contributed by atoms with E-state index in [0.717, 1.165) is 12.1 Å². The molecule has 4 nitrogen and oxygen atoms in total. The lowest BCUT2D eigenvalue weighted by Gasteiger charge is -2.35. The molecule has 116 valence electrons. The van der Waals surface area contributed by atoms with Crippen molar-refractivity contribution in [2.24, 2.45) is 0 Å². The molecule has 0 aliphatic rings. The molecule has 0 bridgehead atoms. The molecular formula is C15H19F2NO3. The normalized spacial score (nSPS) is 11.3. The van der Waals surface area contributed by atoms with Gasteiger partial charge in [-0.15, -0.1) is 0 Å². The molecule has 0 aliphatic heterocycles. The Morgan fingerprint density at radius 3 is 2.29 bits per heavy atom. The Bertz CT molecular complexity index is 538. The molecule has 1 N–H and O–H groups in total. The zero-order valence-corrected chi connectivity index (χ0v) is 12.3. The SMILES string of the molecule is CC(C)(C)N(CCC(=O)O)C(=O)Cc1ccc(F)c(F)c1. The second kappa shape index (κ2) is 6.65. The highest BCUT2D eigenvalue weighted by atomic mass is 19.2. The molecule has 0 aliphatic carbocycles. The van der Waals surface area contributed by atoms with Crippen molar-refractivity contribution in [2.75, 3.05) is 6.54 Å². The zero-order valence-electron chi connectivity index (χ0n) is 12.3. The van der Waals surface area contributed by atoms with Gasteiger partial charge >= 0.3 is 5.97 Å². The number of nitrogens with zero attached hydrogens (tertiary/aromatic N) is 1. The van der Waals surface area contributed by atoms with E-state index in [9.17, 15) is 18.4 Å². The average Bonchev–Trinajstić information content (AvgIpc) is 2.32. The first-order valence-electron chi connectivity index (χ1n) is 6.57. The zero-order chi connectivity index (χ0) is 16.2. The molecule has 0 radical (unpaired) electrons. The Hall–Kier alpha value is -1.98. The van der Waals surface area contributed by atoms with Crippen molar-refractivity contribution in [3.8, 4) is 0 Å². The summed E-state index contributed by atoms with van der Waals surface area (Å²) in [5, 5.41) is 8.74. The second-order valence-corrected chi connectivity index (χ2v) is 5.79. The number of carbonyl (C=O) groups excluding carboxylic acids is 1. The number of hydrogen-bond acceptors (Lipinski definition) is 2. The van der Waals surface area contributed by atoms with Crippen molar-refractivity contribution in [3.05, 3.63) is 35.4 Å².